The van der Waals surface area contributed by atoms with Crippen LogP contribution in [0.1, 0.15) is 19.0 Å². The molecule has 0 bridgehead atoms. The van der Waals surface area contributed by atoms with Crippen LogP contribution < -0.4 is 0 Å². The van der Waals surface area contributed by atoms with E-state index in [1.165, 1.54) is 11.8 Å². The molecule has 0 radical (unpaired) electrons. The van der Waals surface area contributed by atoms with Crippen LogP contribution in [0.4, 0.5) is 0 Å². The summed E-state index contributed by atoms with van der Waals surface area (Å²) in [6.07, 6.45) is 3.30. The lowest BCUT2D eigenvalue weighted by Crippen LogP contribution is -2.29. The highest BCUT2D eigenvalue weighted by molar-refractivity contribution is 7.99. The predicted octanol–water partition coefficient (Wildman–Crippen LogP) is 4.13. The monoisotopic (exact) mass is 450 g/mol. The average molecular weight is 451 g/mol. The van der Waals surface area contributed by atoms with E-state index in [0.717, 1.165) is 29.8 Å². The van der Waals surface area contributed by atoms with Gasteiger partial charge >= 0.3 is 0 Å². The van der Waals surface area contributed by atoms with Crippen LogP contribution in [0.3, 0.4) is 0 Å². The van der Waals surface area contributed by atoms with Gasteiger partial charge in [0, 0.05) is 31.4 Å². The Balaban J connectivity index is 1.25. The molecule has 0 unspecified atom stereocenters. The van der Waals surface area contributed by atoms with Crippen molar-refractivity contribution >= 4 is 17.7 Å². The standard InChI is InChI=1S/C23H26N6O2S/c1-3-29-22(20-12-8-14-31-20)26-27-23(29)32-16-21(30)28(2)13-7-11-18-15-19(25-24-18)17-9-5-4-6-10-17/h4-6,8-10,12,14-15H,3,7,11,13,16H2,1-2H3,(H,24,25). The highest BCUT2D eigenvalue weighted by Gasteiger charge is 2.17. The van der Waals surface area contributed by atoms with Crippen LogP contribution in [0.2, 0.25) is 0 Å². The van der Waals surface area contributed by atoms with Gasteiger partial charge in [-0.2, -0.15) is 5.10 Å². The normalized spacial score (nSPS) is 11.1. The van der Waals surface area contributed by atoms with Gasteiger partial charge in [0.05, 0.1) is 17.7 Å². The van der Waals surface area contributed by atoms with Gasteiger partial charge < -0.3 is 9.32 Å². The number of aromatic amines is 1. The Morgan fingerprint density at radius 2 is 2.03 bits per heavy atom. The maximum atomic E-state index is 12.6. The molecule has 32 heavy (non-hydrogen) atoms. The van der Waals surface area contributed by atoms with Crippen molar-refractivity contribution < 1.29 is 9.21 Å². The lowest BCUT2D eigenvalue weighted by atomic mass is 10.1. The number of thioether (sulfide) groups is 1. The van der Waals surface area contributed by atoms with Crippen molar-refractivity contribution in [3.8, 4) is 22.8 Å². The smallest absolute Gasteiger partial charge is 0.232 e. The SMILES string of the molecule is CCn1c(SCC(=O)N(C)CCCc2cc(-c3ccccc3)n[nH]2)nnc1-c1ccco1. The first-order chi connectivity index (χ1) is 15.7. The van der Waals surface area contributed by atoms with E-state index >= 15 is 0 Å². The molecular formula is C23H26N6O2S. The molecule has 0 saturated heterocycles. The van der Waals surface area contributed by atoms with E-state index in [2.05, 4.69) is 26.5 Å². The van der Waals surface area contributed by atoms with Crippen LogP contribution in [-0.2, 0) is 17.8 Å². The Bertz CT molecular complexity index is 1140. The molecule has 8 nitrogen and oxygen atoms in total. The number of benzene rings is 1. The number of carbonyl (C=O) groups excluding carboxylic acids is 1. The number of rotatable bonds is 10. The number of hydrogen-bond donors (Lipinski definition) is 1. The van der Waals surface area contributed by atoms with E-state index in [1.54, 1.807) is 11.2 Å². The summed E-state index contributed by atoms with van der Waals surface area (Å²) < 4.78 is 7.39. The average Bonchev–Trinajstić information content (AvgIpc) is 3.58. The summed E-state index contributed by atoms with van der Waals surface area (Å²) in [7, 11) is 1.84. The molecule has 0 aliphatic heterocycles. The van der Waals surface area contributed by atoms with Crippen molar-refractivity contribution in [2.75, 3.05) is 19.3 Å². The van der Waals surface area contributed by atoms with Gasteiger partial charge in [-0.15, -0.1) is 10.2 Å². The van der Waals surface area contributed by atoms with Gasteiger partial charge in [0.15, 0.2) is 16.7 Å². The van der Waals surface area contributed by atoms with E-state index in [1.807, 2.05) is 61.0 Å². The van der Waals surface area contributed by atoms with Gasteiger partial charge in [0.25, 0.3) is 0 Å². The number of furan rings is 1. The molecule has 1 amide bonds. The molecule has 166 valence electrons. The third-order valence-electron chi connectivity index (χ3n) is 5.17. The lowest BCUT2D eigenvalue weighted by Gasteiger charge is -2.16. The first-order valence-corrected chi connectivity index (χ1v) is 11.6. The molecule has 0 fully saturated rings. The fraction of sp³-hybridized carbons (Fsp3) is 0.304. The summed E-state index contributed by atoms with van der Waals surface area (Å²) >= 11 is 1.40. The maximum Gasteiger partial charge on any atom is 0.232 e. The van der Waals surface area contributed by atoms with E-state index in [4.69, 9.17) is 4.42 Å². The van der Waals surface area contributed by atoms with Crippen LogP contribution in [0.5, 0.6) is 0 Å². The fourth-order valence-corrected chi connectivity index (χ4v) is 4.33. The molecule has 0 aliphatic carbocycles. The van der Waals surface area contributed by atoms with Gasteiger partial charge in [0.1, 0.15) is 0 Å². The van der Waals surface area contributed by atoms with E-state index < -0.39 is 0 Å². The first-order valence-electron chi connectivity index (χ1n) is 10.6. The Morgan fingerprint density at radius 3 is 2.78 bits per heavy atom. The molecule has 4 rings (SSSR count). The zero-order chi connectivity index (χ0) is 22.3. The van der Waals surface area contributed by atoms with Gasteiger partial charge in [0.2, 0.25) is 5.91 Å². The molecule has 9 heteroatoms. The third kappa shape index (κ3) is 5.11. The number of carbonyl (C=O) groups is 1. The Morgan fingerprint density at radius 1 is 1.19 bits per heavy atom. The summed E-state index contributed by atoms with van der Waals surface area (Å²) in [6, 6.07) is 15.8. The van der Waals surface area contributed by atoms with E-state index in [0.29, 0.717) is 35.6 Å². The fourth-order valence-electron chi connectivity index (χ4n) is 3.38. The van der Waals surface area contributed by atoms with Crippen LogP contribution in [0, 0.1) is 0 Å². The largest absolute Gasteiger partial charge is 0.461 e. The summed E-state index contributed by atoms with van der Waals surface area (Å²) in [4.78, 5) is 14.4. The van der Waals surface area contributed by atoms with Crippen molar-refractivity contribution in [1.29, 1.82) is 0 Å². The van der Waals surface area contributed by atoms with Gasteiger partial charge in [-0.25, -0.2) is 0 Å². The molecule has 4 aromatic rings. The number of nitrogens with one attached hydrogen (secondary N) is 1. The van der Waals surface area contributed by atoms with Crippen LogP contribution >= 0.6 is 11.8 Å². The number of nitrogens with zero attached hydrogens (tertiary/aromatic N) is 5. The first kappa shape index (κ1) is 21.9. The molecular weight excluding hydrogens is 424 g/mol. The van der Waals surface area contributed by atoms with Crippen molar-refractivity contribution in [2.24, 2.45) is 0 Å². The molecule has 0 atom stereocenters. The number of H-pyrrole nitrogens is 1. The summed E-state index contributed by atoms with van der Waals surface area (Å²) in [5.74, 6) is 1.73. The quantitative estimate of drug-likeness (QED) is 0.365. The lowest BCUT2D eigenvalue weighted by molar-refractivity contribution is -0.127. The number of hydrogen-bond acceptors (Lipinski definition) is 6. The zero-order valence-electron chi connectivity index (χ0n) is 18.2. The van der Waals surface area contributed by atoms with Crippen LogP contribution in [0.15, 0.2) is 64.4 Å². The second-order valence-electron chi connectivity index (χ2n) is 7.38. The highest BCUT2D eigenvalue weighted by atomic mass is 32.2. The molecule has 0 aliphatic rings. The summed E-state index contributed by atoms with van der Waals surface area (Å²) in [5, 5.41) is 16.7. The Kier molecular flexibility index (Phi) is 7.06. The Hall–Kier alpha value is -3.33. The van der Waals surface area contributed by atoms with E-state index in [9.17, 15) is 4.79 Å². The number of aromatic nitrogens is 5. The highest BCUT2D eigenvalue weighted by Crippen LogP contribution is 2.24. The summed E-state index contributed by atoms with van der Waals surface area (Å²) in [5.41, 5.74) is 3.10. The second-order valence-corrected chi connectivity index (χ2v) is 8.32. The topological polar surface area (TPSA) is 92.8 Å². The minimum Gasteiger partial charge on any atom is -0.461 e. The molecule has 0 saturated carbocycles. The van der Waals surface area contributed by atoms with Crippen molar-refractivity contribution in [2.45, 2.75) is 31.5 Å². The van der Waals surface area contributed by atoms with Crippen molar-refractivity contribution in [3.63, 3.8) is 0 Å². The third-order valence-corrected chi connectivity index (χ3v) is 6.12. The minimum atomic E-state index is 0.0646. The number of amides is 1. The summed E-state index contributed by atoms with van der Waals surface area (Å²) in [6.45, 7) is 3.40. The predicted molar refractivity (Wildman–Crippen MR) is 124 cm³/mol. The molecule has 0 spiro atoms. The minimum absolute atomic E-state index is 0.0646. The molecule has 3 aromatic heterocycles. The second kappa shape index (κ2) is 10.3. The van der Waals surface area contributed by atoms with Crippen LogP contribution in [0.25, 0.3) is 22.8 Å². The van der Waals surface area contributed by atoms with Crippen molar-refractivity contribution in [3.05, 3.63) is 60.5 Å². The molecule has 1 aromatic carbocycles. The molecule has 1 N–H and O–H groups in total. The van der Waals surface area contributed by atoms with Gasteiger partial charge in [-0.3, -0.25) is 14.5 Å². The molecule has 3 heterocycles. The van der Waals surface area contributed by atoms with Gasteiger partial charge in [-0.05, 0) is 38.0 Å². The van der Waals surface area contributed by atoms with Crippen LogP contribution in [-0.4, -0.2) is 55.1 Å². The van der Waals surface area contributed by atoms with E-state index in [-0.39, 0.29) is 5.91 Å². The maximum absolute atomic E-state index is 12.6. The number of aryl methyl sites for hydroxylation is 1. The van der Waals surface area contributed by atoms with Crippen molar-refractivity contribution in [1.82, 2.24) is 29.9 Å². The van der Waals surface area contributed by atoms with Gasteiger partial charge in [-0.1, -0.05) is 42.1 Å². The Labute approximate surface area is 191 Å². The zero-order valence-corrected chi connectivity index (χ0v) is 19.0.